The van der Waals surface area contributed by atoms with Crippen LogP contribution in [0.3, 0.4) is 0 Å². The van der Waals surface area contributed by atoms with Crippen LogP contribution in [-0.2, 0) is 25.6 Å². The molecule has 28 heavy (non-hydrogen) atoms. The highest BCUT2D eigenvalue weighted by atomic mass is 16.5. The average molecular weight is 386 g/mol. The van der Waals surface area contributed by atoms with Crippen molar-refractivity contribution in [3.8, 4) is 0 Å². The lowest BCUT2D eigenvalue weighted by atomic mass is 10.1. The van der Waals surface area contributed by atoms with Gasteiger partial charge in [0.1, 0.15) is 12.6 Å². The Morgan fingerprint density at radius 2 is 2.04 bits per heavy atom. The van der Waals surface area contributed by atoms with Crippen LogP contribution in [0.25, 0.3) is 10.9 Å². The van der Waals surface area contributed by atoms with Gasteiger partial charge < -0.3 is 29.6 Å². The molecule has 0 bridgehead atoms. The number of fused-ring (bicyclic) bond motifs is 1. The molecule has 2 N–H and O–H groups in total. The van der Waals surface area contributed by atoms with E-state index in [4.69, 9.17) is 9.47 Å². The monoisotopic (exact) mass is 386 g/mol. The molecule has 0 radical (unpaired) electrons. The van der Waals surface area contributed by atoms with E-state index in [9.17, 15) is 9.59 Å². The van der Waals surface area contributed by atoms with Crippen LogP contribution in [0.1, 0.15) is 6.92 Å². The third-order valence-corrected chi connectivity index (χ3v) is 5.31. The molecule has 1 aromatic carbocycles. The summed E-state index contributed by atoms with van der Waals surface area (Å²) in [6.07, 6.45) is 1.75. The summed E-state index contributed by atoms with van der Waals surface area (Å²) in [4.78, 5) is 26.9. The van der Waals surface area contributed by atoms with E-state index in [1.165, 1.54) is 0 Å². The topological polar surface area (TPSA) is 84.8 Å². The SMILES string of the molecule is C[C@H]1OCCN[C@@H]1C(=O)Nc1ccc2c(ccn2CC(=O)N2CCOCC2)c1. The standard InChI is InChI=1S/C20H26N4O4/c1-14-19(21-5-9-28-14)20(26)22-16-2-3-17-15(12-16)4-6-24(17)13-18(25)23-7-10-27-11-8-23/h2-4,6,12,14,19,21H,5,7-11,13H2,1H3,(H,22,26)/t14-,19+/m1/s1. The number of nitrogens with zero attached hydrogens (tertiary/aromatic N) is 2. The number of nitrogens with one attached hydrogen (secondary N) is 2. The number of amides is 2. The van der Waals surface area contributed by atoms with E-state index in [0.717, 1.165) is 16.6 Å². The minimum Gasteiger partial charge on any atom is -0.378 e. The molecular weight excluding hydrogens is 360 g/mol. The van der Waals surface area contributed by atoms with Crippen LogP contribution in [0.2, 0.25) is 0 Å². The van der Waals surface area contributed by atoms with Crippen LogP contribution in [0, 0.1) is 0 Å². The molecule has 2 atom stereocenters. The summed E-state index contributed by atoms with van der Waals surface area (Å²) >= 11 is 0. The first kappa shape index (κ1) is 18.9. The molecule has 0 spiro atoms. The predicted molar refractivity (Wildman–Crippen MR) is 105 cm³/mol. The maximum absolute atomic E-state index is 12.5. The molecule has 8 heteroatoms. The van der Waals surface area contributed by atoms with Crippen molar-refractivity contribution in [2.45, 2.75) is 25.6 Å². The second-order valence-electron chi connectivity index (χ2n) is 7.21. The molecule has 8 nitrogen and oxygen atoms in total. The smallest absolute Gasteiger partial charge is 0.244 e. The number of ether oxygens (including phenoxy) is 2. The molecule has 0 aliphatic carbocycles. The van der Waals surface area contributed by atoms with E-state index in [1.807, 2.05) is 46.9 Å². The lowest BCUT2D eigenvalue weighted by Crippen LogP contribution is -2.53. The Kier molecular flexibility index (Phi) is 5.61. The van der Waals surface area contributed by atoms with Gasteiger partial charge in [-0.25, -0.2) is 0 Å². The fourth-order valence-electron chi connectivity index (χ4n) is 3.72. The van der Waals surface area contributed by atoms with Crippen molar-refractivity contribution in [1.29, 1.82) is 0 Å². The Morgan fingerprint density at radius 1 is 1.21 bits per heavy atom. The first-order valence-electron chi connectivity index (χ1n) is 9.72. The van der Waals surface area contributed by atoms with E-state index in [2.05, 4.69) is 10.6 Å². The molecule has 2 saturated heterocycles. The van der Waals surface area contributed by atoms with Gasteiger partial charge in [-0.2, -0.15) is 0 Å². The van der Waals surface area contributed by atoms with Gasteiger partial charge in [0.2, 0.25) is 11.8 Å². The quantitative estimate of drug-likeness (QED) is 0.813. The number of carbonyl (C=O) groups excluding carboxylic acids is 2. The largest absolute Gasteiger partial charge is 0.378 e. The van der Waals surface area contributed by atoms with Gasteiger partial charge in [-0.1, -0.05) is 0 Å². The maximum atomic E-state index is 12.5. The third kappa shape index (κ3) is 4.04. The van der Waals surface area contributed by atoms with Crippen molar-refractivity contribution in [3.63, 3.8) is 0 Å². The van der Waals surface area contributed by atoms with E-state index < -0.39 is 0 Å². The van der Waals surface area contributed by atoms with E-state index in [0.29, 0.717) is 46.0 Å². The highest BCUT2D eigenvalue weighted by Gasteiger charge is 2.28. The van der Waals surface area contributed by atoms with E-state index in [-0.39, 0.29) is 24.0 Å². The van der Waals surface area contributed by atoms with Gasteiger partial charge in [0.05, 0.1) is 25.9 Å². The number of hydrogen-bond donors (Lipinski definition) is 2. The van der Waals surface area contributed by atoms with Crippen LogP contribution in [-0.4, -0.2) is 72.9 Å². The summed E-state index contributed by atoms with van der Waals surface area (Å²) in [5.41, 5.74) is 1.70. The summed E-state index contributed by atoms with van der Waals surface area (Å²) in [5, 5.41) is 7.13. The second kappa shape index (κ2) is 8.30. The molecule has 2 fully saturated rings. The van der Waals surface area contributed by atoms with Crippen LogP contribution in [0.4, 0.5) is 5.69 Å². The first-order chi connectivity index (χ1) is 13.6. The molecule has 2 aromatic rings. The van der Waals surface area contributed by atoms with Crippen LogP contribution < -0.4 is 10.6 Å². The average Bonchev–Trinajstić information content (AvgIpc) is 3.11. The lowest BCUT2D eigenvalue weighted by molar-refractivity contribution is -0.135. The van der Waals surface area contributed by atoms with Gasteiger partial charge in [0, 0.05) is 42.4 Å². The van der Waals surface area contributed by atoms with Gasteiger partial charge in [0.25, 0.3) is 0 Å². The molecular formula is C20H26N4O4. The van der Waals surface area contributed by atoms with E-state index in [1.54, 1.807) is 0 Å². The van der Waals surface area contributed by atoms with Gasteiger partial charge in [-0.15, -0.1) is 0 Å². The summed E-state index contributed by atoms with van der Waals surface area (Å²) < 4.78 is 12.8. The van der Waals surface area contributed by atoms with Gasteiger partial charge in [-0.05, 0) is 31.2 Å². The fourth-order valence-corrected chi connectivity index (χ4v) is 3.72. The number of hydrogen-bond acceptors (Lipinski definition) is 5. The Bertz CT molecular complexity index is 859. The molecule has 4 rings (SSSR count). The summed E-state index contributed by atoms with van der Waals surface area (Å²) in [7, 11) is 0. The number of carbonyl (C=O) groups is 2. The van der Waals surface area contributed by atoms with E-state index >= 15 is 0 Å². The third-order valence-electron chi connectivity index (χ3n) is 5.31. The van der Waals surface area contributed by atoms with Crippen molar-refractivity contribution >= 4 is 28.4 Å². The predicted octanol–water partition coefficient (Wildman–Crippen LogP) is 0.816. The van der Waals surface area contributed by atoms with Crippen LogP contribution in [0.5, 0.6) is 0 Å². The lowest BCUT2D eigenvalue weighted by Gasteiger charge is -2.29. The highest BCUT2D eigenvalue weighted by Crippen LogP contribution is 2.21. The van der Waals surface area contributed by atoms with Crippen molar-refractivity contribution in [2.24, 2.45) is 0 Å². The first-order valence-corrected chi connectivity index (χ1v) is 9.72. The van der Waals surface area contributed by atoms with Gasteiger partial charge >= 0.3 is 0 Å². The Hall–Kier alpha value is -2.42. The van der Waals surface area contributed by atoms with Crippen molar-refractivity contribution in [3.05, 3.63) is 30.5 Å². The number of benzene rings is 1. The van der Waals surface area contributed by atoms with Gasteiger partial charge in [0.15, 0.2) is 0 Å². The normalized spacial score (nSPS) is 23.0. The zero-order valence-corrected chi connectivity index (χ0v) is 16.0. The zero-order chi connectivity index (χ0) is 19.5. The van der Waals surface area contributed by atoms with Crippen LogP contribution >= 0.6 is 0 Å². The molecule has 0 saturated carbocycles. The summed E-state index contributed by atoms with van der Waals surface area (Å²) in [5.74, 6) is -0.0102. The second-order valence-corrected chi connectivity index (χ2v) is 7.21. The Balaban J connectivity index is 1.43. The molecule has 1 aromatic heterocycles. The molecule has 2 aliphatic heterocycles. The Labute approximate surface area is 163 Å². The number of rotatable bonds is 4. The van der Waals surface area contributed by atoms with Crippen LogP contribution in [0.15, 0.2) is 30.5 Å². The number of morpholine rings is 2. The Morgan fingerprint density at radius 3 is 2.82 bits per heavy atom. The van der Waals surface area contributed by atoms with Crippen molar-refractivity contribution in [2.75, 3.05) is 44.8 Å². The number of anilines is 1. The van der Waals surface area contributed by atoms with Crippen molar-refractivity contribution < 1.29 is 19.1 Å². The molecule has 2 amide bonds. The maximum Gasteiger partial charge on any atom is 0.244 e. The zero-order valence-electron chi connectivity index (χ0n) is 16.0. The summed E-state index contributed by atoms with van der Waals surface area (Å²) in [6.45, 7) is 5.97. The van der Waals surface area contributed by atoms with Crippen molar-refractivity contribution in [1.82, 2.24) is 14.8 Å². The minimum atomic E-state index is -0.361. The highest BCUT2D eigenvalue weighted by molar-refractivity contribution is 5.97. The number of aromatic nitrogens is 1. The minimum absolute atomic E-state index is 0.0931. The molecule has 2 aliphatic rings. The van der Waals surface area contributed by atoms with Gasteiger partial charge in [-0.3, -0.25) is 9.59 Å². The summed E-state index contributed by atoms with van der Waals surface area (Å²) in [6, 6.07) is 7.33. The molecule has 0 unspecified atom stereocenters. The molecule has 3 heterocycles. The molecule has 150 valence electrons. The fraction of sp³-hybridized carbons (Fsp3) is 0.500.